The number of rotatable bonds is 5. The number of aryl methyl sites for hydroxylation is 2. The van der Waals surface area contributed by atoms with Crippen molar-refractivity contribution in [2.24, 2.45) is 0 Å². The first-order valence-electron chi connectivity index (χ1n) is 8.25. The molecule has 1 aliphatic rings. The van der Waals surface area contributed by atoms with Crippen molar-refractivity contribution >= 4 is 29.1 Å². The standard InChI is InChI=1S/C20H21NO3S/c1-12(2)25-18-17(15-8-7-13(3)14(4)10-15)19(22)21(20(18)23)11-16-6-5-9-24-16/h5-10,12H,11H2,1-4H3. The van der Waals surface area contributed by atoms with Crippen LogP contribution < -0.4 is 0 Å². The van der Waals surface area contributed by atoms with Gasteiger partial charge in [0, 0.05) is 5.25 Å². The van der Waals surface area contributed by atoms with Gasteiger partial charge in [-0.1, -0.05) is 32.0 Å². The summed E-state index contributed by atoms with van der Waals surface area (Å²) in [4.78, 5) is 27.7. The maximum Gasteiger partial charge on any atom is 0.268 e. The predicted molar refractivity (Wildman–Crippen MR) is 99.8 cm³/mol. The smallest absolute Gasteiger partial charge is 0.268 e. The van der Waals surface area contributed by atoms with Crippen molar-refractivity contribution in [1.29, 1.82) is 0 Å². The van der Waals surface area contributed by atoms with Gasteiger partial charge in [0.1, 0.15) is 5.76 Å². The highest BCUT2D eigenvalue weighted by atomic mass is 32.2. The lowest BCUT2D eigenvalue weighted by Gasteiger charge is -2.13. The van der Waals surface area contributed by atoms with Gasteiger partial charge in [0.2, 0.25) is 0 Å². The van der Waals surface area contributed by atoms with Gasteiger partial charge in [0.25, 0.3) is 11.8 Å². The third-order valence-electron chi connectivity index (χ3n) is 4.17. The lowest BCUT2D eigenvalue weighted by Crippen LogP contribution is -2.30. The van der Waals surface area contributed by atoms with Gasteiger partial charge in [-0.05, 0) is 42.7 Å². The van der Waals surface area contributed by atoms with E-state index in [4.69, 9.17) is 4.42 Å². The number of benzene rings is 1. The number of amides is 2. The van der Waals surface area contributed by atoms with E-state index in [1.807, 2.05) is 45.9 Å². The van der Waals surface area contributed by atoms with Crippen LogP contribution in [0.5, 0.6) is 0 Å². The van der Waals surface area contributed by atoms with Crippen LogP contribution in [0.2, 0.25) is 0 Å². The molecular formula is C20H21NO3S. The Morgan fingerprint density at radius 1 is 1.08 bits per heavy atom. The van der Waals surface area contributed by atoms with Crippen molar-refractivity contribution in [2.75, 3.05) is 0 Å². The summed E-state index contributed by atoms with van der Waals surface area (Å²) in [6, 6.07) is 9.40. The zero-order valence-corrected chi connectivity index (χ0v) is 15.6. The molecule has 0 N–H and O–H groups in total. The van der Waals surface area contributed by atoms with E-state index in [9.17, 15) is 9.59 Å². The molecule has 25 heavy (non-hydrogen) atoms. The number of carbonyl (C=O) groups is 2. The van der Waals surface area contributed by atoms with E-state index in [0.29, 0.717) is 16.2 Å². The lowest BCUT2D eigenvalue weighted by molar-refractivity contribution is -0.137. The van der Waals surface area contributed by atoms with Gasteiger partial charge in [-0.25, -0.2) is 0 Å². The fourth-order valence-corrected chi connectivity index (χ4v) is 3.76. The van der Waals surface area contributed by atoms with Gasteiger partial charge >= 0.3 is 0 Å². The fraction of sp³-hybridized carbons (Fsp3) is 0.300. The molecule has 0 aliphatic carbocycles. The molecule has 5 heteroatoms. The van der Waals surface area contributed by atoms with Crippen molar-refractivity contribution in [3.8, 4) is 0 Å². The average Bonchev–Trinajstić information content (AvgIpc) is 3.13. The van der Waals surface area contributed by atoms with Crippen LogP contribution in [0.1, 0.15) is 36.3 Å². The molecule has 1 aliphatic heterocycles. The van der Waals surface area contributed by atoms with Crippen molar-refractivity contribution in [3.05, 3.63) is 64.0 Å². The Morgan fingerprint density at radius 2 is 1.84 bits per heavy atom. The zero-order chi connectivity index (χ0) is 18.1. The van der Waals surface area contributed by atoms with Gasteiger partial charge in [-0.15, -0.1) is 11.8 Å². The van der Waals surface area contributed by atoms with Crippen LogP contribution in [-0.4, -0.2) is 22.0 Å². The molecule has 0 bridgehead atoms. The molecule has 0 spiro atoms. The molecule has 130 valence electrons. The average molecular weight is 355 g/mol. The molecule has 2 aromatic rings. The summed E-state index contributed by atoms with van der Waals surface area (Å²) in [7, 11) is 0. The molecule has 0 unspecified atom stereocenters. The number of hydrogen-bond donors (Lipinski definition) is 0. The molecule has 0 saturated heterocycles. The SMILES string of the molecule is Cc1ccc(C2=C(SC(C)C)C(=O)N(Cc3ccco3)C2=O)cc1C. The topological polar surface area (TPSA) is 50.5 Å². The predicted octanol–water partition coefficient (Wildman–Crippen LogP) is 4.32. The molecule has 0 fully saturated rings. The number of furan rings is 1. The summed E-state index contributed by atoms with van der Waals surface area (Å²) < 4.78 is 5.31. The largest absolute Gasteiger partial charge is 0.467 e. The summed E-state index contributed by atoms with van der Waals surface area (Å²) >= 11 is 1.44. The zero-order valence-electron chi connectivity index (χ0n) is 14.8. The Hall–Kier alpha value is -2.27. The van der Waals surface area contributed by atoms with Gasteiger partial charge < -0.3 is 4.42 Å². The van der Waals surface area contributed by atoms with Crippen LogP contribution in [0.25, 0.3) is 5.57 Å². The second-order valence-electron chi connectivity index (χ2n) is 6.45. The molecule has 0 atom stereocenters. The molecule has 3 rings (SSSR count). The lowest BCUT2D eigenvalue weighted by atomic mass is 10.0. The second kappa shape index (κ2) is 6.92. The third-order valence-corrected chi connectivity index (χ3v) is 5.25. The van der Waals surface area contributed by atoms with Crippen LogP contribution in [0.4, 0.5) is 0 Å². The molecule has 2 amide bonds. The highest BCUT2D eigenvalue weighted by Crippen LogP contribution is 2.38. The Kier molecular flexibility index (Phi) is 4.86. The monoisotopic (exact) mass is 355 g/mol. The molecule has 0 radical (unpaired) electrons. The van der Waals surface area contributed by atoms with Gasteiger partial charge in [0.15, 0.2) is 0 Å². The van der Waals surface area contributed by atoms with Crippen LogP contribution in [0.15, 0.2) is 45.9 Å². The highest BCUT2D eigenvalue weighted by Gasteiger charge is 2.39. The van der Waals surface area contributed by atoms with E-state index >= 15 is 0 Å². The molecule has 2 heterocycles. The molecule has 1 aromatic carbocycles. The Balaban J connectivity index is 2.03. The van der Waals surface area contributed by atoms with Crippen LogP contribution in [0.3, 0.4) is 0 Å². The van der Waals surface area contributed by atoms with Gasteiger partial charge in [-0.2, -0.15) is 0 Å². The first-order valence-corrected chi connectivity index (χ1v) is 9.13. The maximum absolute atomic E-state index is 13.0. The minimum atomic E-state index is -0.257. The minimum absolute atomic E-state index is 0.154. The van der Waals surface area contributed by atoms with Gasteiger partial charge in [-0.3, -0.25) is 14.5 Å². The molecule has 0 saturated carbocycles. The summed E-state index contributed by atoms with van der Waals surface area (Å²) in [5, 5.41) is 0.205. The number of nitrogens with zero attached hydrogens (tertiary/aromatic N) is 1. The molecule has 1 aromatic heterocycles. The van der Waals surface area contributed by atoms with E-state index in [0.717, 1.165) is 16.7 Å². The normalized spacial score (nSPS) is 15.0. The van der Waals surface area contributed by atoms with E-state index in [1.165, 1.54) is 16.7 Å². The van der Waals surface area contributed by atoms with Crippen molar-refractivity contribution in [1.82, 2.24) is 4.90 Å². The fourth-order valence-electron chi connectivity index (χ4n) is 2.75. The van der Waals surface area contributed by atoms with Crippen LogP contribution in [0, 0.1) is 13.8 Å². The quantitative estimate of drug-likeness (QED) is 0.750. The van der Waals surface area contributed by atoms with Crippen LogP contribution >= 0.6 is 11.8 Å². The van der Waals surface area contributed by atoms with E-state index < -0.39 is 0 Å². The Bertz CT molecular complexity index is 850. The van der Waals surface area contributed by atoms with Crippen LogP contribution in [-0.2, 0) is 16.1 Å². The summed E-state index contributed by atoms with van der Waals surface area (Å²) in [5.41, 5.74) is 3.56. The molecular weight excluding hydrogens is 334 g/mol. The highest BCUT2D eigenvalue weighted by molar-refractivity contribution is 8.04. The van der Waals surface area contributed by atoms with Crippen molar-refractivity contribution < 1.29 is 14.0 Å². The van der Waals surface area contributed by atoms with E-state index in [-0.39, 0.29) is 23.6 Å². The number of carbonyl (C=O) groups excluding carboxylic acids is 2. The maximum atomic E-state index is 13.0. The minimum Gasteiger partial charge on any atom is -0.467 e. The number of hydrogen-bond acceptors (Lipinski definition) is 4. The van der Waals surface area contributed by atoms with Gasteiger partial charge in [0.05, 0.1) is 23.3 Å². The second-order valence-corrected chi connectivity index (χ2v) is 8.03. The number of thioether (sulfide) groups is 1. The molecule has 4 nitrogen and oxygen atoms in total. The van der Waals surface area contributed by atoms with Crippen molar-refractivity contribution in [3.63, 3.8) is 0 Å². The van der Waals surface area contributed by atoms with Crippen molar-refractivity contribution in [2.45, 2.75) is 39.5 Å². The third kappa shape index (κ3) is 3.42. The number of imide groups is 1. The first-order chi connectivity index (χ1) is 11.9. The Labute approximate surface area is 151 Å². The first kappa shape index (κ1) is 17.5. The summed E-state index contributed by atoms with van der Waals surface area (Å²) in [5.74, 6) is 0.0954. The summed E-state index contributed by atoms with van der Waals surface area (Å²) in [6.07, 6.45) is 1.54. The summed E-state index contributed by atoms with van der Waals surface area (Å²) in [6.45, 7) is 8.23. The van der Waals surface area contributed by atoms with E-state index in [1.54, 1.807) is 18.4 Å². The van der Waals surface area contributed by atoms with E-state index in [2.05, 4.69) is 0 Å². The Morgan fingerprint density at radius 3 is 2.44 bits per heavy atom.